The number of imidazole rings is 1. The molecule has 0 bridgehead atoms. The molecule has 6 heteroatoms. The van der Waals surface area contributed by atoms with Crippen molar-refractivity contribution in [2.24, 2.45) is 0 Å². The van der Waals surface area contributed by atoms with Crippen molar-refractivity contribution in [2.45, 2.75) is 18.9 Å². The molecule has 1 N–H and O–H groups in total. The first-order valence-electron chi connectivity index (χ1n) is 8.56. The molecular formula is C20H16N4OS. The molecule has 1 aliphatic carbocycles. The molecule has 128 valence electrons. The molecule has 0 saturated heterocycles. The maximum absolute atomic E-state index is 12.1. The van der Waals surface area contributed by atoms with E-state index < -0.39 is 0 Å². The largest absolute Gasteiger partial charge is 0.349 e. The second-order valence-corrected chi connectivity index (χ2v) is 7.39. The van der Waals surface area contributed by atoms with Crippen LogP contribution in [0.5, 0.6) is 0 Å². The van der Waals surface area contributed by atoms with E-state index in [0.29, 0.717) is 11.6 Å². The van der Waals surface area contributed by atoms with E-state index in [4.69, 9.17) is 0 Å². The number of aromatic nitrogens is 3. The number of carbonyl (C=O) groups excluding carboxylic acids is 1. The average molecular weight is 360 g/mol. The van der Waals surface area contributed by atoms with Gasteiger partial charge in [0.25, 0.3) is 5.91 Å². The van der Waals surface area contributed by atoms with Gasteiger partial charge in [-0.3, -0.25) is 9.20 Å². The third kappa shape index (κ3) is 2.78. The molecule has 1 saturated carbocycles. The van der Waals surface area contributed by atoms with Gasteiger partial charge in [-0.15, -0.1) is 11.3 Å². The van der Waals surface area contributed by atoms with E-state index in [0.717, 1.165) is 40.3 Å². The molecule has 3 aromatic heterocycles. The topological polar surface area (TPSA) is 59.3 Å². The molecule has 0 unspecified atom stereocenters. The number of thiophene rings is 1. The Balaban J connectivity index is 1.50. The number of fused-ring (bicyclic) bond motifs is 1. The number of hydrogen-bond donors (Lipinski definition) is 1. The van der Waals surface area contributed by atoms with Crippen LogP contribution in [0, 0.1) is 0 Å². The van der Waals surface area contributed by atoms with Crippen molar-refractivity contribution in [2.75, 3.05) is 0 Å². The van der Waals surface area contributed by atoms with Crippen molar-refractivity contribution < 1.29 is 4.79 Å². The molecule has 5 rings (SSSR count). The van der Waals surface area contributed by atoms with Crippen molar-refractivity contribution in [1.82, 2.24) is 19.7 Å². The summed E-state index contributed by atoms with van der Waals surface area (Å²) < 4.78 is 2.04. The molecule has 5 nitrogen and oxygen atoms in total. The standard InChI is InChI=1S/C20H16N4OS/c25-20(23-15-7-8-15)14-5-3-13(4-6-14)17-10-22-19-11-21-16(12-24(17)19)18-2-1-9-26-18/h1-6,9-12,15H,7-8H2,(H,23,25). The SMILES string of the molecule is O=C(NC1CC1)c1ccc(-c2cnc3cnc(-c4cccs4)cn23)cc1. The van der Waals surface area contributed by atoms with Gasteiger partial charge < -0.3 is 5.32 Å². The number of rotatable bonds is 4. The van der Waals surface area contributed by atoms with Gasteiger partial charge in [0.15, 0.2) is 5.65 Å². The van der Waals surface area contributed by atoms with Crippen LogP contribution in [-0.4, -0.2) is 26.3 Å². The van der Waals surface area contributed by atoms with E-state index >= 15 is 0 Å². The molecular weight excluding hydrogens is 344 g/mol. The van der Waals surface area contributed by atoms with Gasteiger partial charge in [0.05, 0.1) is 28.7 Å². The van der Waals surface area contributed by atoms with Crippen LogP contribution in [0.1, 0.15) is 23.2 Å². The van der Waals surface area contributed by atoms with Crippen LogP contribution < -0.4 is 5.32 Å². The predicted octanol–water partition coefficient (Wildman–Crippen LogP) is 4.02. The normalized spacial score (nSPS) is 13.8. The lowest BCUT2D eigenvalue weighted by molar-refractivity contribution is 0.0951. The number of hydrogen-bond acceptors (Lipinski definition) is 4. The van der Waals surface area contributed by atoms with Crippen LogP contribution in [-0.2, 0) is 0 Å². The van der Waals surface area contributed by atoms with Crippen LogP contribution in [0.25, 0.3) is 27.5 Å². The maximum Gasteiger partial charge on any atom is 0.251 e. The first-order valence-corrected chi connectivity index (χ1v) is 9.44. The molecule has 0 aliphatic heterocycles. The number of amides is 1. The number of carbonyl (C=O) groups is 1. The lowest BCUT2D eigenvalue weighted by Gasteiger charge is -2.06. The Hall–Kier alpha value is -2.99. The summed E-state index contributed by atoms with van der Waals surface area (Å²) in [6.45, 7) is 0. The van der Waals surface area contributed by atoms with Gasteiger partial charge >= 0.3 is 0 Å². The monoisotopic (exact) mass is 360 g/mol. The number of nitrogens with zero attached hydrogens (tertiary/aromatic N) is 3. The summed E-state index contributed by atoms with van der Waals surface area (Å²) in [5.41, 5.74) is 4.41. The summed E-state index contributed by atoms with van der Waals surface area (Å²) in [5.74, 6) is 0.00127. The Morgan fingerprint density at radius 3 is 2.69 bits per heavy atom. The Labute approximate surface area is 154 Å². The van der Waals surface area contributed by atoms with Crippen molar-refractivity contribution in [3.05, 3.63) is 65.9 Å². The molecule has 0 atom stereocenters. The van der Waals surface area contributed by atoms with Gasteiger partial charge in [0, 0.05) is 23.4 Å². The van der Waals surface area contributed by atoms with Crippen LogP contribution in [0.15, 0.2) is 60.4 Å². The molecule has 1 aliphatic rings. The zero-order valence-electron chi connectivity index (χ0n) is 13.9. The highest BCUT2D eigenvalue weighted by molar-refractivity contribution is 7.13. The van der Waals surface area contributed by atoms with Crippen LogP contribution in [0.2, 0.25) is 0 Å². The van der Waals surface area contributed by atoms with Crippen LogP contribution >= 0.6 is 11.3 Å². The van der Waals surface area contributed by atoms with Crippen LogP contribution in [0.4, 0.5) is 0 Å². The van der Waals surface area contributed by atoms with E-state index in [1.807, 2.05) is 52.5 Å². The van der Waals surface area contributed by atoms with Gasteiger partial charge in [-0.1, -0.05) is 18.2 Å². The maximum atomic E-state index is 12.1. The minimum absolute atomic E-state index is 0.00127. The Morgan fingerprint density at radius 1 is 1.12 bits per heavy atom. The minimum atomic E-state index is 0.00127. The highest BCUT2D eigenvalue weighted by Gasteiger charge is 2.23. The van der Waals surface area contributed by atoms with Crippen molar-refractivity contribution in [3.63, 3.8) is 0 Å². The van der Waals surface area contributed by atoms with Crippen LogP contribution in [0.3, 0.4) is 0 Å². The third-order valence-corrected chi connectivity index (χ3v) is 5.42. The Morgan fingerprint density at radius 2 is 1.96 bits per heavy atom. The highest BCUT2D eigenvalue weighted by atomic mass is 32.1. The molecule has 3 heterocycles. The number of nitrogens with one attached hydrogen (secondary N) is 1. The summed E-state index contributed by atoms with van der Waals surface area (Å²) in [4.78, 5) is 22.2. The minimum Gasteiger partial charge on any atom is -0.349 e. The fraction of sp³-hybridized carbons (Fsp3) is 0.150. The Bertz CT molecular complexity index is 1080. The van der Waals surface area contributed by atoms with Crippen molar-refractivity contribution in [1.29, 1.82) is 0 Å². The fourth-order valence-electron chi connectivity index (χ4n) is 2.94. The second-order valence-electron chi connectivity index (χ2n) is 6.45. The van der Waals surface area contributed by atoms with E-state index in [1.165, 1.54) is 0 Å². The first-order chi connectivity index (χ1) is 12.8. The molecule has 4 aromatic rings. The van der Waals surface area contributed by atoms with E-state index in [9.17, 15) is 4.79 Å². The smallest absolute Gasteiger partial charge is 0.251 e. The zero-order valence-corrected chi connectivity index (χ0v) is 14.7. The van der Waals surface area contributed by atoms with E-state index in [-0.39, 0.29) is 5.91 Å². The van der Waals surface area contributed by atoms with Crippen molar-refractivity contribution >= 4 is 22.9 Å². The molecule has 0 radical (unpaired) electrons. The molecule has 26 heavy (non-hydrogen) atoms. The van der Waals surface area contributed by atoms with Gasteiger partial charge in [-0.2, -0.15) is 0 Å². The van der Waals surface area contributed by atoms with Gasteiger partial charge in [-0.25, -0.2) is 9.97 Å². The first kappa shape index (κ1) is 15.3. The average Bonchev–Trinajstić information content (AvgIpc) is 3.16. The molecule has 1 aromatic carbocycles. The van der Waals surface area contributed by atoms with Gasteiger partial charge in [0.2, 0.25) is 0 Å². The summed E-state index contributed by atoms with van der Waals surface area (Å²) in [6.07, 6.45) is 7.82. The third-order valence-electron chi connectivity index (χ3n) is 4.53. The van der Waals surface area contributed by atoms with Gasteiger partial charge in [-0.05, 0) is 36.4 Å². The summed E-state index contributed by atoms with van der Waals surface area (Å²) in [5, 5.41) is 5.06. The molecule has 1 amide bonds. The molecule has 1 fully saturated rings. The van der Waals surface area contributed by atoms with Crippen molar-refractivity contribution in [3.8, 4) is 21.8 Å². The summed E-state index contributed by atoms with van der Waals surface area (Å²) in [6, 6.07) is 12.1. The fourth-order valence-corrected chi connectivity index (χ4v) is 3.63. The lowest BCUT2D eigenvalue weighted by atomic mass is 10.1. The molecule has 0 spiro atoms. The number of benzene rings is 1. The van der Waals surface area contributed by atoms with Gasteiger partial charge in [0.1, 0.15) is 0 Å². The quantitative estimate of drug-likeness (QED) is 0.598. The summed E-state index contributed by atoms with van der Waals surface area (Å²) >= 11 is 1.66. The predicted molar refractivity (Wildman–Crippen MR) is 102 cm³/mol. The van der Waals surface area contributed by atoms with E-state index in [2.05, 4.69) is 21.4 Å². The Kier molecular flexibility index (Phi) is 3.57. The summed E-state index contributed by atoms with van der Waals surface area (Å²) in [7, 11) is 0. The second kappa shape index (κ2) is 6.07. The highest BCUT2D eigenvalue weighted by Crippen LogP contribution is 2.26. The zero-order chi connectivity index (χ0) is 17.5. The van der Waals surface area contributed by atoms with E-state index in [1.54, 1.807) is 17.5 Å². The lowest BCUT2D eigenvalue weighted by Crippen LogP contribution is -2.25.